The van der Waals surface area contributed by atoms with E-state index < -0.39 is 6.61 Å². The highest BCUT2D eigenvalue weighted by molar-refractivity contribution is 6.30. The zero-order valence-corrected chi connectivity index (χ0v) is 16.8. The monoisotopic (exact) mass is 425 g/mol. The van der Waals surface area contributed by atoms with Crippen LogP contribution in [0.1, 0.15) is 17.5 Å². The molecule has 2 rings (SSSR count). The number of carbonyl (C=O) groups is 1. The second kappa shape index (κ2) is 11.2. The van der Waals surface area contributed by atoms with Gasteiger partial charge in [0.25, 0.3) is 0 Å². The summed E-state index contributed by atoms with van der Waals surface area (Å²) in [5, 5.41) is 9.04. The summed E-state index contributed by atoms with van der Waals surface area (Å²) in [5.41, 5.74) is 1.45. The molecule has 0 aliphatic heterocycles. The van der Waals surface area contributed by atoms with Crippen molar-refractivity contribution in [1.82, 2.24) is 15.6 Å². The number of alkyl halides is 2. The van der Waals surface area contributed by atoms with Gasteiger partial charge in [-0.05, 0) is 36.8 Å². The summed E-state index contributed by atoms with van der Waals surface area (Å²) in [6, 6.07) is 7.96. The SMILES string of the molecule is CN=C(NCCC(=O)Nc1ccc(C)cn1)NCc1cc(Cl)ccc1OC(F)F. The third-order valence-electron chi connectivity index (χ3n) is 3.73. The van der Waals surface area contributed by atoms with Crippen LogP contribution in [0.15, 0.2) is 41.5 Å². The Kier molecular flexibility index (Phi) is 8.60. The third kappa shape index (κ3) is 7.90. The molecule has 0 saturated carbocycles. The Hall–Kier alpha value is -2.94. The number of hydrogen-bond acceptors (Lipinski definition) is 4. The van der Waals surface area contributed by atoms with Crippen LogP contribution in [0, 0.1) is 6.92 Å². The smallest absolute Gasteiger partial charge is 0.387 e. The van der Waals surface area contributed by atoms with E-state index in [1.807, 2.05) is 13.0 Å². The van der Waals surface area contributed by atoms with Crippen LogP contribution >= 0.6 is 11.6 Å². The van der Waals surface area contributed by atoms with Crippen molar-refractivity contribution < 1.29 is 18.3 Å². The molecule has 1 aromatic heterocycles. The van der Waals surface area contributed by atoms with Gasteiger partial charge in [0.15, 0.2) is 5.96 Å². The minimum atomic E-state index is -2.94. The molecule has 0 saturated heterocycles. The van der Waals surface area contributed by atoms with Crippen LogP contribution in [-0.2, 0) is 11.3 Å². The molecule has 3 N–H and O–H groups in total. The molecule has 0 unspecified atom stereocenters. The Balaban J connectivity index is 1.81. The van der Waals surface area contributed by atoms with Crippen LogP contribution in [0.3, 0.4) is 0 Å². The Bertz CT molecular complexity index is 847. The maximum atomic E-state index is 12.5. The number of hydrogen-bond donors (Lipinski definition) is 3. The van der Waals surface area contributed by atoms with Crippen molar-refractivity contribution in [1.29, 1.82) is 0 Å². The predicted molar refractivity (Wildman–Crippen MR) is 109 cm³/mol. The lowest BCUT2D eigenvalue weighted by atomic mass is 10.2. The first-order valence-corrected chi connectivity index (χ1v) is 9.15. The molecular weight excluding hydrogens is 404 g/mol. The van der Waals surface area contributed by atoms with Gasteiger partial charge in [-0.2, -0.15) is 8.78 Å². The number of nitrogens with one attached hydrogen (secondary N) is 3. The average Bonchev–Trinajstić information content (AvgIpc) is 2.68. The third-order valence-corrected chi connectivity index (χ3v) is 3.97. The molecule has 1 amide bonds. The number of carbonyl (C=O) groups excluding carboxylic acids is 1. The fraction of sp³-hybridized carbons (Fsp3) is 0.316. The van der Waals surface area contributed by atoms with E-state index in [1.165, 1.54) is 18.2 Å². The zero-order valence-electron chi connectivity index (χ0n) is 16.0. The number of pyridine rings is 1. The molecule has 1 heterocycles. The van der Waals surface area contributed by atoms with Crippen LogP contribution in [0.5, 0.6) is 5.75 Å². The molecule has 10 heteroatoms. The summed E-state index contributed by atoms with van der Waals surface area (Å²) in [4.78, 5) is 20.1. The summed E-state index contributed by atoms with van der Waals surface area (Å²) < 4.78 is 29.6. The van der Waals surface area contributed by atoms with Gasteiger partial charge >= 0.3 is 6.61 Å². The van der Waals surface area contributed by atoms with Gasteiger partial charge in [-0.3, -0.25) is 9.79 Å². The summed E-state index contributed by atoms with van der Waals surface area (Å²) >= 11 is 5.93. The van der Waals surface area contributed by atoms with E-state index in [0.29, 0.717) is 28.9 Å². The van der Waals surface area contributed by atoms with Gasteiger partial charge in [0.2, 0.25) is 5.91 Å². The molecule has 0 spiro atoms. The molecular formula is C19H22ClF2N5O2. The van der Waals surface area contributed by atoms with E-state index in [2.05, 4.69) is 30.7 Å². The van der Waals surface area contributed by atoms with E-state index >= 15 is 0 Å². The first kappa shape index (κ1) is 22.4. The normalized spacial score (nSPS) is 11.3. The molecule has 1 aromatic carbocycles. The standard InChI is InChI=1S/C19H22ClF2N5O2/c1-12-3-6-16(25-10-12)27-17(28)7-8-24-19(23-2)26-11-13-9-14(20)4-5-15(13)29-18(21)22/h3-6,9-10,18H,7-8,11H2,1-2H3,(H2,23,24,26)(H,25,27,28). The Morgan fingerprint density at radius 2 is 2.07 bits per heavy atom. The molecule has 0 fully saturated rings. The molecule has 0 bridgehead atoms. The van der Waals surface area contributed by atoms with Crippen molar-refractivity contribution in [3.05, 3.63) is 52.7 Å². The summed E-state index contributed by atoms with van der Waals surface area (Å²) in [7, 11) is 1.56. The second-order valence-corrected chi connectivity index (χ2v) is 6.44. The average molecular weight is 426 g/mol. The van der Waals surface area contributed by atoms with Crippen LogP contribution in [0.4, 0.5) is 14.6 Å². The van der Waals surface area contributed by atoms with E-state index in [9.17, 15) is 13.6 Å². The highest BCUT2D eigenvalue weighted by atomic mass is 35.5. The molecule has 29 heavy (non-hydrogen) atoms. The number of aliphatic imine (C=N–C) groups is 1. The number of nitrogens with zero attached hydrogens (tertiary/aromatic N) is 2. The predicted octanol–water partition coefficient (Wildman–Crippen LogP) is 3.34. The van der Waals surface area contributed by atoms with Gasteiger partial charge in [0.1, 0.15) is 11.6 Å². The van der Waals surface area contributed by atoms with Gasteiger partial charge in [0, 0.05) is 43.3 Å². The number of aryl methyl sites for hydroxylation is 1. The minimum absolute atomic E-state index is 0.0253. The van der Waals surface area contributed by atoms with Crippen LogP contribution in [0.2, 0.25) is 5.02 Å². The largest absolute Gasteiger partial charge is 0.434 e. The first-order chi connectivity index (χ1) is 13.9. The Morgan fingerprint density at radius 1 is 1.28 bits per heavy atom. The van der Waals surface area contributed by atoms with Gasteiger partial charge in [0.05, 0.1) is 0 Å². The topological polar surface area (TPSA) is 87.6 Å². The molecule has 0 aliphatic carbocycles. The number of halogens is 3. The summed E-state index contributed by atoms with van der Waals surface area (Å²) in [6.07, 6.45) is 1.86. The van der Waals surface area contributed by atoms with Gasteiger partial charge in [-0.1, -0.05) is 17.7 Å². The van der Waals surface area contributed by atoms with Crippen LogP contribution in [-0.4, -0.2) is 37.1 Å². The van der Waals surface area contributed by atoms with Gasteiger partial charge < -0.3 is 20.7 Å². The molecule has 156 valence electrons. The van der Waals surface area contributed by atoms with Crippen molar-refractivity contribution >= 4 is 29.3 Å². The minimum Gasteiger partial charge on any atom is -0.434 e. The van der Waals surface area contributed by atoms with Crippen LogP contribution in [0.25, 0.3) is 0 Å². The second-order valence-electron chi connectivity index (χ2n) is 6.00. The molecule has 7 nitrogen and oxygen atoms in total. The highest BCUT2D eigenvalue weighted by Gasteiger charge is 2.11. The number of ether oxygens (including phenoxy) is 1. The number of guanidine groups is 1. The van der Waals surface area contributed by atoms with E-state index in [4.69, 9.17) is 11.6 Å². The highest BCUT2D eigenvalue weighted by Crippen LogP contribution is 2.24. The molecule has 0 aliphatic rings. The number of amides is 1. The van der Waals surface area contributed by atoms with E-state index in [-0.39, 0.29) is 24.6 Å². The first-order valence-electron chi connectivity index (χ1n) is 8.77. The zero-order chi connectivity index (χ0) is 21.2. The maximum absolute atomic E-state index is 12.5. The molecule has 2 aromatic rings. The van der Waals surface area contributed by atoms with Gasteiger partial charge in [-0.25, -0.2) is 4.98 Å². The number of rotatable bonds is 8. The lowest BCUT2D eigenvalue weighted by Gasteiger charge is -2.15. The van der Waals surface area contributed by atoms with E-state index in [0.717, 1.165) is 5.56 Å². The van der Waals surface area contributed by atoms with Crippen molar-refractivity contribution in [3.8, 4) is 5.75 Å². The lowest BCUT2D eigenvalue weighted by molar-refractivity contribution is -0.116. The van der Waals surface area contributed by atoms with Gasteiger partial charge in [-0.15, -0.1) is 0 Å². The molecule has 0 atom stereocenters. The number of aromatic nitrogens is 1. The maximum Gasteiger partial charge on any atom is 0.387 e. The van der Waals surface area contributed by atoms with Crippen molar-refractivity contribution in [3.63, 3.8) is 0 Å². The fourth-order valence-corrected chi connectivity index (χ4v) is 2.53. The lowest BCUT2D eigenvalue weighted by Crippen LogP contribution is -2.38. The summed E-state index contributed by atoms with van der Waals surface area (Å²) in [6.45, 7) is -0.559. The van der Waals surface area contributed by atoms with Crippen molar-refractivity contribution in [2.45, 2.75) is 26.5 Å². The van der Waals surface area contributed by atoms with Crippen molar-refractivity contribution in [2.75, 3.05) is 18.9 Å². The number of benzene rings is 1. The quantitative estimate of drug-likeness (QED) is 0.446. The van der Waals surface area contributed by atoms with E-state index in [1.54, 1.807) is 19.3 Å². The summed E-state index contributed by atoms with van der Waals surface area (Å²) in [5.74, 6) is 0.703. The fourth-order valence-electron chi connectivity index (χ4n) is 2.34. The Morgan fingerprint density at radius 3 is 2.72 bits per heavy atom. The Labute approximate surface area is 172 Å². The van der Waals surface area contributed by atoms with Crippen molar-refractivity contribution in [2.24, 2.45) is 4.99 Å². The van der Waals surface area contributed by atoms with Crippen LogP contribution < -0.4 is 20.7 Å². The number of anilines is 1. The molecule has 0 radical (unpaired) electrons.